The molecule has 0 heterocycles. The number of hydrogen-bond donors (Lipinski definition) is 2. The lowest BCUT2D eigenvalue weighted by Crippen LogP contribution is -2.47. The summed E-state index contributed by atoms with van der Waals surface area (Å²) < 4.78 is 34.7. The van der Waals surface area contributed by atoms with Crippen molar-refractivity contribution in [1.82, 2.24) is 10.6 Å². The molecule has 0 rings (SSSR count). The Balaban J connectivity index is 4.39. The van der Waals surface area contributed by atoms with Gasteiger partial charge in [-0.15, -0.1) is 0 Å². The van der Waals surface area contributed by atoms with Crippen molar-refractivity contribution in [3.8, 4) is 0 Å². The van der Waals surface area contributed by atoms with E-state index in [1.165, 1.54) is 0 Å². The van der Waals surface area contributed by atoms with Gasteiger partial charge in [-0.05, 0) is 54.4 Å². The zero-order chi connectivity index (χ0) is 24.3. The first kappa shape index (κ1) is 31.1. The molecule has 0 aliphatic rings. The standard InChI is InChI=1S/C20H44N2O8Si2/c1-7-25-31(26-8-2,27-9-3)17-13-15-21-19(23)20(24)22-16-14-18-32(28-10-4,29-11-5)30-12-6/h7-18H2,1-6H3,(H,21,23)(H,22,24). The van der Waals surface area contributed by atoms with Gasteiger partial charge < -0.3 is 37.2 Å². The SMILES string of the molecule is CCO[Si](CCCNC(=O)C(=O)NCCC[Si](OCC)(OCC)OCC)(OCC)OCC. The molecule has 0 spiro atoms. The van der Waals surface area contributed by atoms with Gasteiger partial charge in [0.2, 0.25) is 0 Å². The highest BCUT2D eigenvalue weighted by Gasteiger charge is 2.40. The summed E-state index contributed by atoms with van der Waals surface area (Å²) in [6.45, 7) is 15.1. The van der Waals surface area contributed by atoms with E-state index in [0.717, 1.165) is 0 Å². The van der Waals surface area contributed by atoms with Crippen LogP contribution in [0.2, 0.25) is 12.1 Å². The van der Waals surface area contributed by atoms with Crippen LogP contribution in [-0.2, 0) is 36.1 Å². The third-order valence-corrected chi connectivity index (χ3v) is 10.6. The van der Waals surface area contributed by atoms with Crippen LogP contribution in [0.15, 0.2) is 0 Å². The quantitative estimate of drug-likeness (QED) is 0.150. The lowest BCUT2D eigenvalue weighted by Gasteiger charge is -2.28. The maximum absolute atomic E-state index is 12.1. The number of nitrogens with one attached hydrogen (secondary N) is 2. The molecule has 0 saturated heterocycles. The molecule has 0 aromatic heterocycles. The fourth-order valence-corrected chi connectivity index (χ4v) is 8.40. The fraction of sp³-hybridized carbons (Fsp3) is 0.900. The summed E-state index contributed by atoms with van der Waals surface area (Å²) in [5.74, 6) is -1.33. The Morgan fingerprint density at radius 2 is 0.781 bits per heavy atom. The predicted octanol–water partition coefficient (Wildman–Crippen LogP) is 2.10. The number of amides is 2. The third-order valence-electron chi connectivity index (χ3n) is 4.28. The molecule has 190 valence electrons. The zero-order valence-electron chi connectivity index (χ0n) is 20.8. The highest BCUT2D eigenvalue weighted by atomic mass is 28.4. The molecule has 0 fully saturated rings. The largest absolute Gasteiger partial charge is 0.500 e. The summed E-state index contributed by atoms with van der Waals surface area (Å²) in [5.41, 5.74) is 0. The normalized spacial score (nSPS) is 12.1. The Hall–Kier alpha value is -0.866. The molecular formula is C20H44N2O8Si2. The van der Waals surface area contributed by atoms with Crippen molar-refractivity contribution in [1.29, 1.82) is 0 Å². The minimum atomic E-state index is -2.74. The molecule has 0 aromatic carbocycles. The molecule has 0 aliphatic carbocycles. The first-order valence-corrected chi connectivity index (χ1v) is 15.6. The second kappa shape index (κ2) is 18.5. The van der Waals surface area contributed by atoms with Crippen LogP contribution in [0.1, 0.15) is 54.4 Å². The van der Waals surface area contributed by atoms with Crippen LogP contribution in [0, 0.1) is 0 Å². The number of carbonyl (C=O) groups excluding carboxylic acids is 2. The van der Waals surface area contributed by atoms with Crippen molar-refractivity contribution >= 4 is 29.4 Å². The third kappa shape index (κ3) is 12.4. The highest BCUT2D eigenvalue weighted by Crippen LogP contribution is 2.18. The van der Waals surface area contributed by atoms with E-state index in [1.54, 1.807) is 0 Å². The summed E-state index contributed by atoms with van der Waals surface area (Å²) in [4.78, 5) is 24.1. The van der Waals surface area contributed by atoms with Crippen LogP contribution in [0.25, 0.3) is 0 Å². The Labute approximate surface area is 195 Å². The van der Waals surface area contributed by atoms with Crippen LogP contribution in [0.4, 0.5) is 0 Å². The Kier molecular flexibility index (Phi) is 18.0. The zero-order valence-corrected chi connectivity index (χ0v) is 22.8. The van der Waals surface area contributed by atoms with E-state index in [1.807, 2.05) is 41.5 Å². The van der Waals surface area contributed by atoms with Crippen molar-refractivity contribution < 1.29 is 36.1 Å². The van der Waals surface area contributed by atoms with E-state index in [4.69, 9.17) is 26.6 Å². The summed E-state index contributed by atoms with van der Waals surface area (Å²) in [6.07, 6.45) is 1.19. The second-order valence-corrected chi connectivity index (χ2v) is 12.1. The van der Waals surface area contributed by atoms with Gasteiger partial charge >= 0.3 is 29.4 Å². The molecule has 0 aromatic rings. The molecule has 0 aliphatic heterocycles. The Morgan fingerprint density at radius 3 is 1.00 bits per heavy atom. The minimum absolute atomic E-state index is 0.337. The van der Waals surface area contributed by atoms with Crippen LogP contribution in [0.3, 0.4) is 0 Å². The average Bonchev–Trinajstić information content (AvgIpc) is 2.75. The lowest BCUT2D eigenvalue weighted by molar-refractivity contribution is -0.139. The fourth-order valence-electron chi connectivity index (χ4n) is 3.18. The van der Waals surface area contributed by atoms with Gasteiger partial charge in [-0.3, -0.25) is 9.59 Å². The molecule has 0 saturated carbocycles. The summed E-state index contributed by atoms with van der Waals surface area (Å²) in [5, 5.41) is 5.28. The number of rotatable bonds is 20. The van der Waals surface area contributed by atoms with E-state index in [2.05, 4.69) is 10.6 Å². The molecule has 32 heavy (non-hydrogen) atoms. The van der Waals surface area contributed by atoms with E-state index in [0.29, 0.717) is 77.7 Å². The maximum atomic E-state index is 12.1. The molecule has 10 nitrogen and oxygen atoms in total. The Bertz CT molecular complexity index is 436. The van der Waals surface area contributed by atoms with Crippen LogP contribution >= 0.6 is 0 Å². The van der Waals surface area contributed by atoms with Crippen LogP contribution in [-0.4, -0.2) is 82.2 Å². The summed E-state index contributed by atoms with van der Waals surface area (Å²) >= 11 is 0. The van der Waals surface area contributed by atoms with Gasteiger partial charge in [-0.1, -0.05) is 0 Å². The van der Waals surface area contributed by atoms with E-state index in [-0.39, 0.29) is 0 Å². The number of hydrogen-bond acceptors (Lipinski definition) is 8. The summed E-state index contributed by atoms with van der Waals surface area (Å²) in [7, 11) is -5.49. The van der Waals surface area contributed by atoms with E-state index in [9.17, 15) is 9.59 Å². The first-order chi connectivity index (χ1) is 15.4. The van der Waals surface area contributed by atoms with Crippen molar-refractivity contribution in [2.45, 2.75) is 66.5 Å². The molecule has 0 radical (unpaired) electrons. The molecule has 2 amide bonds. The average molecular weight is 497 g/mol. The maximum Gasteiger partial charge on any atom is 0.500 e. The van der Waals surface area contributed by atoms with E-state index >= 15 is 0 Å². The topological polar surface area (TPSA) is 114 Å². The van der Waals surface area contributed by atoms with Crippen molar-refractivity contribution in [2.75, 3.05) is 52.7 Å². The van der Waals surface area contributed by atoms with E-state index < -0.39 is 29.4 Å². The second-order valence-electron chi connectivity index (χ2n) is 6.68. The van der Waals surface area contributed by atoms with Gasteiger partial charge in [0.15, 0.2) is 0 Å². The smallest absolute Gasteiger partial charge is 0.374 e. The molecule has 2 N–H and O–H groups in total. The van der Waals surface area contributed by atoms with Gasteiger partial charge in [-0.25, -0.2) is 0 Å². The van der Waals surface area contributed by atoms with Gasteiger partial charge in [0.05, 0.1) is 0 Å². The van der Waals surface area contributed by atoms with Gasteiger partial charge in [-0.2, -0.15) is 0 Å². The molecule has 12 heteroatoms. The van der Waals surface area contributed by atoms with Crippen LogP contribution in [0.5, 0.6) is 0 Å². The molecular weight excluding hydrogens is 452 g/mol. The first-order valence-electron chi connectivity index (χ1n) is 11.8. The van der Waals surface area contributed by atoms with Gasteiger partial charge in [0.25, 0.3) is 0 Å². The van der Waals surface area contributed by atoms with Crippen molar-refractivity contribution in [3.05, 3.63) is 0 Å². The lowest BCUT2D eigenvalue weighted by atomic mass is 10.4. The van der Waals surface area contributed by atoms with Crippen molar-refractivity contribution in [3.63, 3.8) is 0 Å². The van der Waals surface area contributed by atoms with Gasteiger partial charge in [0, 0.05) is 64.8 Å². The monoisotopic (exact) mass is 496 g/mol. The molecule has 0 atom stereocenters. The van der Waals surface area contributed by atoms with Crippen molar-refractivity contribution in [2.24, 2.45) is 0 Å². The highest BCUT2D eigenvalue weighted by molar-refractivity contribution is 6.61. The Morgan fingerprint density at radius 1 is 0.531 bits per heavy atom. The molecule has 0 bridgehead atoms. The number of carbonyl (C=O) groups is 2. The molecule has 0 unspecified atom stereocenters. The predicted molar refractivity (Wildman–Crippen MR) is 126 cm³/mol. The summed E-state index contributed by atoms with van der Waals surface area (Å²) in [6, 6.07) is 1.15. The van der Waals surface area contributed by atoms with Crippen LogP contribution < -0.4 is 10.6 Å². The van der Waals surface area contributed by atoms with Gasteiger partial charge in [0.1, 0.15) is 0 Å². The minimum Gasteiger partial charge on any atom is -0.374 e.